The fourth-order valence-corrected chi connectivity index (χ4v) is 1.16. The summed E-state index contributed by atoms with van der Waals surface area (Å²) in [6, 6.07) is 9.22. The number of benzene rings is 1. The number of rotatable bonds is 4. The van der Waals surface area contributed by atoms with Gasteiger partial charge in [-0.3, -0.25) is 0 Å². The predicted molar refractivity (Wildman–Crippen MR) is 56.4 cm³/mol. The molecular formula is C11H11N3O. The van der Waals surface area contributed by atoms with E-state index >= 15 is 0 Å². The average Bonchev–Trinajstić information content (AvgIpc) is 2.29. The molecule has 1 aromatic carbocycles. The van der Waals surface area contributed by atoms with Crippen LogP contribution in [0.15, 0.2) is 18.2 Å². The first-order valence-electron chi connectivity index (χ1n) is 4.50. The molecule has 0 amide bonds. The van der Waals surface area contributed by atoms with Gasteiger partial charge in [0.1, 0.15) is 5.75 Å². The topological polar surface area (TPSA) is 68.8 Å². The number of hydrogen-bond donors (Lipinski definition) is 1. The van der Waals surface area contributed by atoms with Gasteiger partial charge in [0, 0.05) is 12.6 Å². The van der Waals surface area contributed by atoms with Crippen molar-refractivity contribution in [1.29, 1.82) is 10.5 Å². The van der Waals surface area contributed by atoms with E-state index in [9.17, 15) is 0 Å². The second-order valence-corrected chi connectivity index (χ2v) is 2.86. The minimum absolute atomic E-state index is 0.434. The van der Waals surface area contributed by atoms with E-state index in [0.29, 0.717) is 24.3 Å². The molecular weight excluding hydrogens is 190 g/mol. The lowest BCUT2D eigenvalue weighted by molar-refractivity contribution is 0.416. The second kappa shape index (κ2) is 5.51. The lowest BCUT2D eigenvalue weighted by Gasteiger charge is -2.09. The van der Waals surface area contributed by atoms with Gasteiger partial charge in [-0.1, -0.05) is 0 Å². The molecule has 0 aliphatic heterocycles. The van der Waals surface area contributed by atoms with Crippen molar-refractivity contribution in [3.63, 3.8) is 0 Å². The first-order chi connectivity index (χ1) is 7.31. The number of nitrogens with zero attached hydrogens (tertiary/aromatic N) is 2. The van der Waals surface area contributed by atoms with Gasteiger partial charge >= 0.3 is 0 Å². The van der Waals surface area contributed by atoms with E-state index in [0.717, 1.165) is 5.69 Å². The highest BCUT2D eigenvalue weighted by Gasteiger charge is 2.02. The molecule has 0 aromatic heterocycles. The minimum atomic E-state index is 0.434. The van der Waals surface area contributed by atoms with Crippen LogP contribution < -0.4 is 10.1 Å². The van der Waals surface area contributed by atoms with Crippen LogP contribution >= 0.6 is 0 Å². The molecule has 0 bridgehead atoms. The fourth-order valence-electron chi connectivity index (χ4n) is 1.16. The van der Waals surface area contributed by atoms with Crippen molar-refractivity contribution in [3.8, 4) is 17.9 Å². The largest absolute Gasteiger partial charge is 0.495 e. The summed E-state index contributed by atoms with van der Waals surface area (Å²) in [5.41, 5.74) is 1.35. The molecule has 1 rings (SSSR count). The molecule has 0 radical (unpaired) electrons. The molecule has 0 saturated carbocycles. The Kier molecular flexibility index (Phi) is 4.00. The Bertz CT molecular complexity index is 415. The number of nitrogens with one attached hydrogen (secondary N) is 1. The number of methoxy groups -OCH3 is 1. The van der Waals surface area contributed by atoms with Crippen LogP contribution in [0, 0.1) is 22.7 Å². The highest BCUT2D eigenvalue weighted by molar-refractivity contribution is 5.59. The van der Waals surface area contributed by atoms with Crippen molar-refractivity contribution >= 4 is 5.69 Å². The minimum Gasteiger partial charge on any atom is -0.495 e. The molecule has 4 heteroatoms. The normalized spacial score (nSPS) is 8.73. The molecule has 76 valence electrons. The van der Waals surface area contributed by atoms with E-state index < -0.39 is 0 Å². The van der Waals surface area contributed by atoms with E-state index in [1.807, 2.05) is 12.1 Å². The molecule has 0 fully saturated rings. The van der Waals surface area contributed by atoms with E-state index in [1.54, 1.807) is 25.3 Å². The Morgan fingerprint density at radius 1 is 1.40 bits per heavy atom. The summed E-state index contributed by atoms with van der Waals surface area (Å²) >= 11 is 0. The third-order valence-corrected chi connectivity index (χ3v) is 1.88. The van der Waals surface area contributed by atoms with Gasteiger partial charge in [-0.15, -0.1) is 0 Å². The van der Waals surface area contributed by atoms with Crippen LogP contribution in [0.3, 0.4) is 0 Å². The highest BCUT2D eigenvalue weighted by atomic mass is 16.5. The van der Waals surface area contributed by atoms with Crippen molar-refractivity contribution in [3.05, 3.63) is 23.8 Å². The Morgan fingerprint density at radius 2 is 2.20 bits per heavy atom. The van der Waals surface area contributed by atoms with Crippen LogP contribution in [0.25, 0.3) is 0 Å². The third kappa shape index (κ3) is 2.89. The Morgan fingerprint density at radius 3 is 2.80 bits per heavy atom. The number of anilines is 1. The van der Waals surface area contributed by atoms with Crippen LogP contribution in [0.1, 0.15) is 12.0 Å². The molecule has 15 heavy (non-hydrogen) atoms. The summed E-state index contributed by atoms with van der Waals surface area (Å²) in [7, 11) is 1.55. The first-order valence-corrected chi connectivity index (χ1v) is 4.50. The zero-order valence-corrected chi connectivity index (χ0v) is 8.45. The lowest BCUT2D eigenvalue weighted by atomic mass is 10.2. The monoisotopic (exact) mass is 201 g/mol. The molecule has 1 aromatic rings. The van der Waals surface area contributed by atoms with Gasteiger partial charge < -0.3 is 10.1 Å². The van der Waals surface area contributed by atoms with Crippen LogP contribution in [0.5, 0.6) is 5.75 Å². The zero-order valence-electron chi connectivity index (χ0n) is 8.45. The molecule has 0 heterocycles. The van der Waals surface area contributed by atoms with Crippen molar-refractivity contribution in [1.82, 2.24) is 0 Å². The summed E-state index contributed by atoms with van der Waals surface area (Å²) in [5, 5.41) is 20.1. The summed E-state index contributed by atoms with van der Waals surface area (Å²) < 4.78 is 5.12. The van der Waals surface area contributed by atoms with E-state index in [1.165, 1.54) is 0 Å². The van der Waals surface area contributed by atoms with Crippen molar-refractivity contribution in [2.45, 2.75) is 6.42 Å². The number of hydrogen-bond acceptors (Lipinski definition) is 4. The van der Waals surface area contributed by atoms with Crippen molar-refractivity contribution in [2.24, 2.45) is 0 Å². The quantitative estimate of drug-likeness (QED) is 0.755. The molecule has 0 unspecified atom stereocenters. The Labute approximate surface area is 88.7 Å². The van der Waals surface area contributed by atoms with Crippen LogP contribution in [-0.4, -0.2) is 13.7 Å². The van der Waals surface area contributed by atoms with Gasteiger partial charge in [0.15, 0.2) is 0 Å². The molecule has 4 nitrogen and oxygen atoms in total. The fraction of sp³-hybridized carbons (Fsp3) is 0.273. The van der Waals surface area contributed by atoms with Crippen LogP contribution in [0.4, 0.5) is 5.69 Å². The van der Waals surface area contributed by atoms with Crippen LogP contribution in [-0.2, 0) is 0 Å². The van der Waals surface area contributed by atoms with Crippen molar-refractivity contribution in [2.75, 3.05) is 19.0 Å². The van der Waals surface area contributed by atoms with Gasteiger partial charge in [-0.25, -0.2) is 0 Å². The maximum Gasteiger partial charge on any atom is 0.143 e. The third-order valence-electron chi connectivity index (χ3n) is 1.88. The molecule has 0 atom stereocenters. The Balaban J connectivity index is 2.80. The summed E-state index contributed by atoms with van der Waals surface area (Å²) in [6.45, 7) is 0.568. The van der Waals surface area contributed by atoms with Gasteiger partial charge in [-0.05, 0) is 12.1 Å². The lowest BCUT2D eigenvalue weighted by Crippen LogP contribution is -2.02. The molecule has 0 saturated heterocycles. The average molecular weight is 201 g/mol. The first kappa shape index (κ1) is 10.9. The molecule has 0 spiro atoms. The number of nitriles is 2. The van der Waals surface area contributed by atoms with E-state index in [4.69, 9.17) is 15.3 Å². The highest BCUT2D eigenvalue weighted by Crippen LogP contribution is 2.24. The standard InChI is InChI=1S/C11H11N3O/c1-15-11-7-9(8-13)3-4-10(11)14-6-2-5-12/h3-4,7,14H,2,6H2,1H3. The molecule has 0 aliphatic rings. The van der Waals surface area contributed by atoms with E-state index in [2.05, 4.69) is 5.32 Å². The van der Waals surface area contributed by atoms with Crippen molar-refractivity contribution < 1.29 is 4.74 Å². The van der Waals surface area contributed by atoms with Crippen LogP contribution in [0.2, 0.25) is 0 Å². The zero-order chi connectivity index (χ0) is 11.1. The van der Waals surface area contributed by atoms with Gasteiger partial charge in [0.2, 0.25) is 0 Å². The SMILES string of the molecule is COc1cc(C#N)ccc1NCCC#N. The van der Waals surface area contributed by atoms with Gasteiger partial charge in [-0.2, -0.15) is 10.5 Å². The molecule has 1 N–H and O–H groups in total. The predicted octanol–water partition coefficient (Wildman–Crippen LogP) is 1.89. The maximum absolute atomic E-state index is 8.69. The Hall–Kier alpha value is -2.20. The summed E-state index contributed by atoms with van der Waals surface area (Å²) in [6.07, 6.45) is 0.434. The van der Waals surface area contributed by atoms with Gasteiger partial charge in [0.05, 0.1) is 36.9 Å². The maximum atomic E-state index is 8.69. The smallest absolute Gasteiger partial charge is 0.143 e. The van der Waals surface area contributed by atoms with Gasteiger partial charge in [0.25, 0.3) is 0 Å². The molecule has 0 aliphatic carbocycles. The van der Waals surface area contributed by atoms with E-state index in [-0.39, 0.29) is 0 Å². The summed E-state index contributed by atoms with van der Waals surface area (Å²) in [5.74, 6) is 0.618. The second-order valence-electron chi connectivity index (χ2n) is 2.86. The summed E-state index contributed by atoms with van der Waals surface area (Å²) in [4.78, 5) is 0. The number of ether oxygens (including phenoxy) is 1.